The van der Waals surface area contributed by atoms with E-state index in [0.29, 0.717) is 19.4 Å². The fourth-order valence-electron chi connectivity index (χ4n) is 3.28. The number of β-lactam (4-membered cyclic amide) rings is 1. The van der Waals surface area contributed by atoms with Gasteiger partial charge in [-0.05, 0) is 25.7 Å². The van der Waals surface area contributed by atoms with Gasteiger partial charge in [-0.25, -0.2) is 5.43 Å². The van der Waals surface area contributed by atoms with Gasteiger partial charge in [-0.2, -0.15) is 0 Å². The number of amides is 3. The van der Waals surface area contributed by atoms with E-state index in [9.17, 15) is 19.5 Å². The number of nitrogens with zero attached hydrogens (tertiary/aromatic N) is 1. The molecule has 1 saturated carbocycles. The lowest BCUT2D eigenvalue weighted by Gasteiger charge is -2.53. The average Bonchev–Trinajstić information content (AvgIpc) is 2.52. The number of rotatable bonds is 6. The highest BCUT2D eigenvalue weighted by atomic mass is 16.3. The van der Waals surface area contributed by atoms with Crippen LogP contribution in [0, 0.1) is 11.3 Å². The molecule has 0 bridgehead atoms. The average molecular weight is 326 g/mol. The zero-order valence-electron chi connectivity index (χ0n) is 13.7. The van der Waals surface area contributed by atoms with Gasteiger partial charge in [0.1, 0.15) is 6.04 Å². The molecule has 130 valence electrons. The van der Waals surface area contributed by atoms with Crippen molar-refractivity contribution in [2.75, 3.05) is 13.2 Å². The molecule has 0 aromatic rings. The molecular weight excluding hydrogens is 300 g/mol. The van der Waals surface area contributed by atoms with Crippen LogP contribution in [0.3, 0.4) is 0 Å². The Morgan fingerprint density at radius 2 is 2.00 bits per heavy atom. The molecule has 0 aromatic heterocycles. The largest absolute Gasteiger partial charge is 0.394 e. The number of hydrogen-bond donors (Lipinski definition) is 4. The van der Waals surface area contributed by atoms with Crippen LogP contribution in [-0.2, 0) is 14.4 Å². The summed E-state index contributed by atoms with van der Waals surface area (Å²) in [7, 11) is 0. The zero-order chi connectivity index (χ0) is 17.2. The normalized spacial score (nSPS) is 28.6. The second kappa shape index (κ2) is 6.84. The van der Waals surface area contributed by atoms with Gasteiger partial charge in [-0.1, -0.05) is 13.8 Å². The standard InChI is InChI=1S/C15H26N4O4/c1-9(2)13(22)18-17-10-3-5-15(6-4-10)8-19(14(15)23)11(7-20)12(16)21/h9-11,17,20H,3-8H2,1-2H3,(H2,16,21)(H,18,22)/t10?,11-,15?/m0/s1. The van der Waals surface area contributed by atoms with Crippen molar-refractivity contribution in [2.24, 2.45) is 17.1 Å². The molecule has 8 nitrogen and oxygen atoms in total. The summed E-state index contributed by atoms with van der Waals surface area (Å²) in [5.41, 5.74) is 10.5. The molecule has 1 saturated heterocycles. The molecule has 1 atom stereocenters. The summed E-state index contributed by atoms with van der Waals surface area (Å²) in [5.74, 6) is -0.908. The first-order valence-corrected chi connectivity index (χ1v) is 8.07. The summed E-state index contributed by atoms with van der Waals surface area (Å²) in [6.07, 6.45) is 2.96. The number of hydrogen-bond acceptors (Lipinski definition) is 5. The molecule has 0 radical (unpaired) electrons. The Balaban J connectivity index is 1.82. The number of aliphatic hydroxyl groups excluding tert-OH is 1. The molecule has 8 heteroatoms. The molecule has 5 N–H and O–H groups in total. The highest BCUT2D eigenvalue weighted by molar-refractivity contribution is 5.94. The Hall–Kier alpha value is -1.67. The predicted octanol–water partition coefficient (Wildman–Crippen LogP) is -1.12. The van der Waals surface area contributed by atoms with Crippen LogP contribution in [0.5, 0.6) is 0 Å². The molecule has 1 heterocycles. The van der Waals surface area contributed by atoms with Crippen molar-refractivity contribution in [1.29, 1.82) is 0 Å². The van der Waals surface area contributed by atoms with Gasteiger partial charge in [0.15, 0.2) is 0 Å². The van der Waals surface area contributed by atoms with Gasteiger partial charge < -0.3 is 15.7 Å². The van der Waals surface area contributed by atoms with Crippen molar-refractivity contribution in [3.63, 3.8) is 0 Å². The van der Waals surface area contributed by atoms with Crippen molar-refractivity contribution in [1.82, 2.24) is 15.8 Å². The SMILES string of the molecule is CC(C)C(=O)NNC1CCC2(CC1)CN([C@@H](CO)C(N)=O)C2=O. The number of carbonyl (C=O) groups is 3. The van der Waals surface area contributed by atoms with E-state index in [1.54, 1.807) is 0 Å². The van der Waals surface area contributed by atoms with Crippen molar-refractivity contribution in [3.05, 3.63) is 0 Å². The molecular formula is C15H26N4O4. The number of aliphatic hydroxyl groups is 1. The Bertz CT molecular complexity index is 486. The van der Waals surface area contributed by atoms with E-state index in [4.69, 9.17) is 5.73 Å². The van der Waals surface area contributed by atoms with E-state index in [1.165, 1.54) is 4.90 Å². The smallest absolute Gasteiger partial charge is 0.242 e. The lowest BCUT2D eigenvalue weighted by atomic mass is 9.66. The van der Waals surface area contributed by atoms with Crippen molar-refractivity contribution >= 4 is 17.7 Å². The van der Waals surface area contributed by atoms with E-state index >= 15 is 0 Å². The second-order valence-electron chi connectivity index (χ2n) is 6.88. The summed E-state index contributed by atoms with van der Waals surface area (Å²) < 4.78 is 0. The van der Waals surface area contributed by atoms with Crippen LogP contribution in [0.1, 0.15) is 39.5 Å². The fraction of sp³-hybridized carbons (Fsp3) is 0.800. The van der Waals surface area contributed by atoms with Crippen LogP contribution in [0.2, 0.25) is 0 Å². The Morgan fingerprint density at radius 3 is 2.43 bits per heavy atom. The third-order valence-corrected chi connectivity index (χ3v) is 4.93. The van der Waals surface area contributed by atoms with Crippen LogP contribution in [0.4, 0.5) is 0 Å². The van der Waals surface area contributed by atoms with Crippen LogP contribution in [0.25, 0.3) is 0 Å². The van der Waals surface area contributed by atoms with Gasteiger partial charge in [0, 0.05) is 18.5 Å². The minimum absolute atomic E-state index is 0.0524. The molecule has 1 spiro atoms. The quantitative estimate of drug-likeness (QED) is 0.363. The second-order valence-corrected chi connectivity index (χ2v) is 6.88. The maximum atomic E-state index is 12.4. The Labute approximate surface area is 135 Å². The van der Waals surface area contributed by atoms with Gasteiger partial charge in [-0.15, -0.1) is 0 Å². The fourth-order valence-corrected chi connectivity index (χ4v) is 3.28. The van der Waals surface area contributed by atoms with E-state index < -0.39 is 24.0 Å². The van der Waals surface area contributed by atoms with E-state index in [0.717, 1.165) is 12.8 Å². The van der Waals surface area contributed by atoms with Gasteiger partial charge in [0.25, 0.3) is 0 Å². The number of carbonyl (C=O) groups excluding carboxylic acids is 3. The lowest BCUT2D eigenvalue weighted by Crippen LogP contribution is -2.68. The molecule has 1 aliphatic carbocycles. The van der Waals surface area contributed by atoms with Crippen molar-refractivity contribution in [3.8, 4) is 0 Å². The number of nitrogens with one attached hydrogen (secondary N) is 2. The third kappa shape index (κ3) is 3.48. The highest BCUT2D eigenvalue weighted by Gasteiger charge is 2.55. The monoisotopic (exact) mass is 326 g/mol. The third-order valence-electron chi connectivity index (χ3n) is 4.93. The molecule has 2 fully saturated rings. The van der Waals surface area contributed by atoms with E-state index in [-0.39, 0.29) is 23.8 Å². The van der Waals surface area contributed by atoms with Crippen LogP contribution < -0.4 is 16.6 Å². The van der Waals surface area contributed by atoms with E-state index in [1.807, 2.05) is 13.8 Å². The maximum absolute atomic E-state index is 12.4. The maximum Gasteiger partial charge on any atom is 0.242 e. The van der Waals surface area contributed by atoms with Crippen molar-refractivity contribution in [2.45, 2.75) is 51.6 Å². The van der Waals surface area contributed by atoms with E-state index in [2.05, 4.69) is 10.9 Å². The van der Waals surface area contributed by atoms with Gasteiger partial charge in [0.05, 0.1) is 12.0 Å². The minimum Gasteiger partial charge on any atom is -0.394 e. The van der Waals surface area contributed by atoms with Gasteiger partial charge in [-0.3, -0.25) is 19.8 Å². The number of primary amides is 1. The molecule has 0 aromatic carbocycles. The molecule has 1 aliphatic heterocycles. The predicted molar refractivity (Wildman–Crippen MR) is 82.6 cm³/mol. The summed E-state index contributed by atoms with van der Waals surface area (Å²) in [6, 6.07) is -0.774. The van der Waals surface area contributed by atoms with Gasteiger partial charge >= 0.3 is 0 Å². The topological polar surface area (TPSA) is 125 Å². The molecule has 0 unspecified atom stereocenters. The Kier molecular flexibility index (Phi) is 5.26. The van der Waals surface area contributed by atoms with Crippen molar-refractivity contribution < 1.29 is 19.5 Å². The number of hydrazine groups is 1. The number of nitrogens with two attached hydrogens (primary N) is 1. The first kappa shape index (κ1) is 17.7. The van der Waals surface area contributed by atoms with Crippen LogP contribution in [0.15, 0.2) is 0 Å². The first-order chi connectivity index (χ1) is 10.8. The molecule has 23 heavy (non-hydrogen) atoms. The summed E-state index contributed by atoms with van der Waals surface area (Å²) in [6.45, 7) is 3.67. The molecule has 2 rings (SSSR count). The summed E-state index contributed by atoms with van der Waals surface area (Å²) in [5, 5.41) is 9.20. The minimum atomic E-state index is -0.922. The summed E-state index contributed by atoms with van der Waals surface area (Å²) in [4.78, 5) is 36.6. The first-order valence-electron chi connectivity index (χ1n) is 8.07. The lowest BCUT2D eigenvalue weighted by molar-refractivity contribution is -0.172. The molecule has 2 aliphatic rings. The molecule has 3 amide bonds. The summed E-state index contributed by atoms with van der Waals surface area (Å²) >= 11 is 0. The zero-order valence-corrected chi connectivity index (χ0v) is 13.7. The van der Waals surface area contributed by atoms with Gasteiger partial charge in [0.2, 0.25) is 17.7 Å². The number of likely N-dealkylation sites (tertiary alicyclic amines) is 1. The Morgan fingerprint density at radius 1 is 1.39 bits per heavy atom. The van der Waals surface area contributed by atoms with Crippen LogP contribution >= 0.6 is 0 Å². The highest BCUT2D eigenvalue weighted by Crippen LogP contribution is 2.45. The van der Waals surface area contributed by atoms with Crippen LogP contribution in [-0.4, -0.2) is 53.0 Å².